The first-order chi connectivity index (χ1) is 9.28. The van der Waals surface area contributed by atoms with E-state index in [-0.39, 0.29) is 0 Å². The molecule has 0 unspecified atom stereocenters. The summed E-state index contributed by atoms with van der Waals surface area (Å²) in [5, 5.41) is 0.497. The topological polar surface area (TPSA) is 74.2 Å². The van der Waals surface area contributed by atoms with Crippen molar-refractivity contribution in [1.82, 2.24) is 9.97 Å². The molecule has 0 amide bonds. The molecule has 0 radical (unpaired) electrons. The molecule has 0 aliphatic carbocycles. The lowest BCUT2D eigenvalue weighted by atomic mass is 10.2. The van der Waals surface area contributed by atoms with Crippen molar-refractivity contribution in [1.29, 1.82) is 0 Å². The van der Waals surface area contributed by atoms with Gasteiger partial charge in [0.15, 0.2) is 10.9 Å². The number of anilines is 1. The first-order valence-electron chi connectivity index (χ1n) is 5.58. The van der Waals surface area contributed by atoms with E-state index >= 15 is 0 Å². The maximum absolute atomic E-state index is 5.80. The fourth-order valence-electron chi connectivity index (χ4n) is 1.75. The number of nitrogens with two attached hydrogens (primary N) is 1. The van der Waals surface area contributed by atoms with Crippen molar-refractivity contribution < 1.29 is 9.15 Å². The van der Waals surface area contributed by atoms with Crippen molar-refractivity contribution in [3.63, 3.8) is 0 Å². The third-order valence-corrected chi connectivity index (χ3v) is 3.54. The van der Waals surface area contributed by atoms with Crippen molar-refractivity contribution >= 4 is 16.5 Å². The number of rotatable bonds is 3. The second-order valence-electron chi connectivity index (χ2n) is 3.80. The highest BCUT2D eigenvalue weighted by molar-refractivity contribution is 7.19. The molecule has 0 saturated carbocycles. The van der Waals surface area contributed by atoms with Crippen molar-refractivity contribution in [2.75, 3.05) is 12.8 Å². The Morgan fingerprint density at radius 1 is 1.32 bits per heavy atom. The molecule has 5 nitrogen and oxygen atoms in total. The van der Waals surface area contributed by atoms with Gasteiger partial charge in [-0.05, 0) is 18.2 Å². The number of furan rings is 1. The van der Waals surface area contributed by atoms with Gasteiger partial charge in [-0.2, -0.15) is 0 Å². The Bertz CT molecular complexity index is 674. The summed E-state index contributed by atoms with van der Waals surface area (Å²) < 4.78 is 10.4. The summed E-state index contributed by atoms with van der Waals surface area (Å²) >= 11 is 1.41. The smallest absolute Gasteiger partial charge is 0.212 e. The minimum absolute atomic E-state index is 0.497. The van der Waals surface area contributed by atoms with Crippen molar-refractivity contribution in [3.8, 4) is 27.8 Å². The standard InChI is InChI=1S/C13H11N3O2S/c1-17-10-5-4-8(7-15-10)12-11(16-13(14)19-12)9-3-2-6-18-9/h2-7H,1H3,(H2,14,16). The summed E-state index contributed by atoms with van der Waals surface area (Å²) in [4.78, 5) is 9.44. The van der Waals surface area contributed by atoms with Crippen LogP contribution in [0.5, 0.6) is 5.88 Å². The zero-order valence-electron chi connectivity index (χ0n) is 10.2. The minimum Gasteiger partial charge on any atom is -0.481 e. The Balaban J connectivity index is 2.09. The maximum Gasteiger partial charge on any atom is 0.212 e. The summed E-state index contributed by atoms with van der Waals surface area (Å²) in [5.41, 5.74) is 7.47. The van der Waals surface area contributed by atoms with Crippen LogP contribution in [0.2, 0.25) is 0 Å². The molecule has 0 bridgehead atoms. The molecule has 2 N–H and O–H groups in total. The SMILES string of the molecule is COc1ccc(-c2sc(N)nc2-c2ccco2)cn1. The number of aromatic nitrogens is 2. The summed E-state index contributed by atoms with van der Waals surface area (Å²) in [7, 11) is 1.58. The maximum atomic E-state index is 5.80. The van der Waals surface area contributed by atoms with Gasteiger partial charge in [0, 0.05) is 17.8 Å². The Hall–Kier alpha value is -2.34. The van der Waals surface area contributed by atoms with Crippen LogP contribution in [-0.4, -0.2) is 17.1 Å². The van der Waals surface area contributed by atoms with Crippen LogP contribution < -0.4 is 10.5 Å². The molecule has 3 rings (SSSR count). The van der Waals surface area contributed by atoms with Gasteiger partial charge in [0.2, 0.25) is 5.88 Å². The van der Waals surface area contributed by atoms with Gasteiger partial charge in [-0.3, -0.25) is 0 Å². The van der Waals surface area contributed by atoms with Gasteiger partial charge in [0.1, 0.15) is 5.69 Å². The van der Waals surface area contributed by atoms with Gasteiger partial charge in [-0.25, -0.2) is 9.97 Å². The highest BCUT2D eigenvalue weighted by atomic mass is 32.1. The Morgan fingerprint density at radius 2 is 2.21 bits per heavy atom. The van der Waals surface area contributed by atoms with E-state index in [1.807, 2.05) is 18.2 Å². The van der Waals surface area contributed by atoms with E-state index < -0.39 is 0 Å². The molecule has 0 fully saturated rings. The van der Waals surface area contributed by atoms with Crippen LogP contribution in [0.1, 0.15) is 0 Å². The van der Waals surface area contributed by atoms with E-state index in [0.717, 1.165) is 16.1 Å². The molecule has 3 heterocycles. The van der Waals surface area contributed by atoms with E-state index in [4.69, 9.17) is 14.9 Å². The third-order valence-electron chi connectivity index (χ3n) is 2.61. The highest BCUT2D eigenvalue weighted by Gasteiger charge is 2.16. The van der Waals surface area contributed by atoms with Gasteiger partial charge >= 0.3 is 0 Å². The molecule has 3 aromatic rings. The number of nitrogen functional groups attached to an aromatic ring is 1. The minimum atomic E-state index is 0.497. The van der Waals surface area contributed by atoms with Crippen LogP contribution in [0.15, 0.2) is 41.1 Å². The predicted molar refractivity (Wildman–Crippen MR) is 74.0 cm³/mol. The molecule has 19 heavy (non-hydrogen) atoms. The lowest BCUT2D eigenvalue weighted by Crippen LogP contribution is -1.87. The van der Waals surface area contributed by atoms with Crippen LogP contribution in [0.4, 0.5) is 5.13 Å². The van der Waals surface area contributed by atoms with Crippen LogP contribution in [0, 0.1) is 0 Å². The Labute approximate surface area is 113 Å². The molecule has 0 aromatic carbocycles. The summed E-state index contributed by atoms with van der Waals surface area (Å²) in [6.07, 6.45) is 3.35. The number of thiazole rings is 1. The van der Waals surface area contributed by atoms with E-state index in [0.29, 0.717) is 16.8 Å². The molecule has 6 heteroatoms. The monoisotopic (exact) mass is 273 g/mol. The first-order valence-corrected chi connectivity index (χ1v) is 6.40. The Morgan fingerprint density at radius 3 is 2.84 bits per heavy atom. The van der Waals surface area contributed by atoms with E-state index in [9.17, 15) is 0 Å². The molecular formula is C13H11N3O2S. The van der Waals surface area contributed by atoms with Gasteiger partial charge in [0.05, 0.1) is 18.3 Å². The van der Waals surface area contributed by atoms with Crippen LogP contribution in [-0.2, 0) is 0 Å². The summed E-state index contributed by atoms with van der Waals surface area (Å²) in [6.45, 7) is 0. The fraction of sp³-hybridized carbons (Fsp3) is 0.0769. The number of hydrogen-bond acceptors (Lipinski definition) is 6. The molecule has 96 valence electrons. The number of methoxy groups -OCH3 is 1. The first kappa shape index (κ1) is 11.7. The molecule has 0 saturated heterocycles. The van der Waals surface area contributed by atoms with Gasteiger partial charge in [0.25, 0.3) is 0 Å². The lowest BCUT2D eigenvalue weighted by molar-refractivity contribution is 0.398. The number of ether oxygens (including phenoxy) is 1. The average molecular weight is 273 g/mol. The summed E-state index contributed by atoms with van der Waals surface area (Å²) in [5.74, 6) is 1.26. The zero-order valence-corrected chi connectivity index (χ0v) is 11.0. The van der Waals surface area contributed by atoms with Crippen molar-refractivity contribution in [2.45, 2.75) is 0 Å². The Kier molecular flexibility index (Phi) is 2.92. The summed E-state index contributed by atoms with van der Waals surface area (Å²) in [6, 6.07) is 7.40. The van der Waals surface area contributed by atoms with Crippen LogP contribution in [0.25, 0.3) is 21.9 Å². The number of nitrogens with zero attached hydrogens (tertiary/aromatic N) is 2. The molecule has 0 aliphatic heterocycles. The van der Waals surface area contributed by atoms with Gasteiger partial charge in [-0.1, -0.05) is 11.3 Å². The number of hydrogen-bond donors (Lipinski definition) is 1. The third kappa shape index (κ3) is 2.17. The van der Waals surface area contributed by atoms with Crippen molar-refractivity contribution in [3.05, 3.63) is 36.7 Å². The zero-order chi connectivity index (χ0) is 13.2. The second-order valence-corrected chi connectivity index (χ2v) is 4.83. The van der Waals surface area contributed by atoms with E-state index in [1.165, 1.54) is 11.3 Å². The predicted octanol–water partition coefficient (Wildman–Crippen LogP) is 3.06. The lowest BCUT2D eigenvalue weighted by Gasteiger charge is -2.01. The van der Waals surface area contributed by atoms with E-state index in [1.54, 1.807) is 25.6 Å². The van der Waals surface area contributed by atoms with E-state index in [2.05, 4.69) is 9.97 Å². The molecule has 0 spiro atoms. The molecule has 0 atom stereocenters. The average Bonchev–Trinajstić information content (AvgIpc) is 3.07. The fourth-order valence-corrected chi connectivity index (χ4v) is 2.58. The van der Waals surface area contributed by atoms with Crippen LogP contribution in [0.3, 0.4) is 0 Å². The highest BCUT2D eigenvalue weighted by Crippen LogP contribution is 2.38. The largest absolute Gasteiger partial charge is 0.481 e. The quantitative estimate of drug-likeness (QED) is 0.793. The molecule has 3 aromatic heterocycles. The van der Waals surface area contributed by atoms with Crippen molar-refractivity contribution in [2.24, 2.45) is 0 Å². The normalized spacial score (nSPS) is 10.6. The second kappa shape index (κ2) is 4.74. The molecular weight excluding hydrogens is 262 g/mol. The van der Waals surface area contributed by atoms with Gasteiger partial charge < -0.3 is 14.9 Å². The number of pyridine rings is 1. The van der Waals surface area contributed by atoms with Crippen LogP contribution >= 0.6 is 11.3 Å². The van der Waals surface area contributed by atoms with Gasteiger partial charge in [-0.15, -0.1) is 0 Å². The molecule has 0 aliphatic rings.